The summed E-state index contributed by atoms with van der Waals surface area (Å²) in [5, 5.41) is 0. The molecular formula is C6H4BrIS. The Hall–Kier alpha value is 0.780. The molecule has 3 heteroatoms. The van der Waals surface area contributed by atoms with Gasteiger partial charge in [-0.25, -0.2) is 0 Å². The van der Waals surface area contributed by atoms with E-state index in [9.17, 15) is 0 Å². The Labute approximate surface area is 79.1 Å². The Kier molecular flexibility index (Phi) is 3.35. The molecule has 0 aliphatic rings. The molecular weight excluding hydrogens is 311 g/mol. The first-order chi connectivity index (χ1) is 4.33. The molecule has 0 radical (unpaired) electrons. The van der Waals surface area contributed by atoms with Crippen LogP contribution in [0, 0.1) is 0 Å². The average molecular weight is 315 g/mol. The van der Waals surface area contributed by atoms with Crippen molar-refractivity contribution < 1.29 is 0 Å². The van der Waals surface area contributed by atoms with Gasteiger partial charge in [0.25, 0.3) is 0 Å². The van der Waals surface area contributed by atoms with Crippen LogP contribution in [0.2, 0.25) is 0 Å². The van der Waals surface area contributed by atoms with E-state index in [4.69, 9.17) is 0 Å². The minimum atomic E-state index is 1.14. The van der Waals surface area contributed by atoms with Crippen molar-refractivity contribution in [1.82, 2.24) is 0 Å². The molecule has 0 aliphatic heterocycles. The molecule has 0 heterocycles. The van der Waals surface area contributed by atoms with Crippen LogP contribution in [0.3, 0.4) is 0 Å². The summed E-state index contributed by atoms with van der Waals surface area (Å²) in [6, 6.07) is 8.25. The lowest BCUT2D eigenvalue weighted by molar-refractivity contribution is 1.46. The minimum absolute atomic E-state index is 1.14. The molecule has 0 unspecified atom stereocenters. The topological polar surface area (TPSA) is 0 Å². The van der Waals surface area contributed by atoms with Crippen LogP contribution in [0.4, 0.5) is 0 Å². The fourth-order valence-electron chi connectivity index (χ4n) is 0.486. The summed E-state index contributed by atoms with van der Waals surface area (Å²) in [6.07, 6.45) is 0. The second-order valence-electron chi connectivity index (χ2n) is 1.53. The van der Waals surface area contributed by atoms with E-state index in [0.717, 1.165) is 4.47 Å². The van der Waals surface area contributed by atoms with Crippen molar-refractivity contribution in [2.45, 2.75) is 4.90 Å². The van der Waals surface area contributed by atoms with Crippen molar-refractivity contribution in [1.29, 1.82) is 0 Å². The maximum Gasteiger partial charge on any atom is 0.0179 e. The molecule has 0 atom stereocenters. The standard InChI is InChI=1S/C6H4BrIS/c7-5-1-3-6(9-8)4-2-5/h1-4H. The molecule has 0 aliphatic carbocycles. The molecule has 1 rings (SSSR count). The van der Waals surface area contributed by atoms with Gasteiger partial charge in [0.2, 0.25) is 0 Å². The van der Waals surface area contributed by atoms with E-state index < -0.39 is 0 Å². The molecule has 1 aromatic rings. The van der Waals surface area contributed by atoms with Crippen molar-refractivity contribution in [2.75, 3.05) is 0 Å². The van der Waals surface area contributed by atoms with E-state index in [1.165, 1.54) is 4.90 Å². The summed E-state index contributed by atoms with van der Waals surface area (Å²) >= 11 is 5.63. The largest absolute Gasteiger partial charge is 0.0530 e. The number of halogens is 2. The maximum absolute atomic E-state index is 3.36. The van der Waals surface area contributed by atoms with Crippen LogP contribution in [0.15, 0.2) is 33.6 Å². The normalized spacial score (nSPS) is 9.56. The first kappa shape index (κ1) is 7.88. The zero-order valence-electron chi connectivity index (χ0n) is 4.47. The number of hydrogen-bond acceptors (Lipinski definition) is 1. The van der Waals surface area contributed by atoms with Crippen LogP contribution >= 0.6 is 46.1 Å². The van der Waals surface area contributed by atoms with Crippen LogP contribution in [-0.2, 0) is 0 Å². The van der Waals surface area contributed by atoms with Crippen molar-refractivity contribution in [3.05, 3.63) is 28.7 Å². The van der Waals surface area contributed by atoms with E-state index in [-0.39, 0.29) is 0 Å². The smallest absolute Gasteiger partial charge is 0.0179 e. The van der Waals surface area contributed by atoms with Crippen molar-refractivity contribution in [3.8, 4) is 0 Å². The van der Waals surface area contributed by atoms with Gasteiger partial charge in [0.15, 0.2) is 0 Å². The fourth-order valence-corrected chi connectivity index (χ4v) is 1.87. The van der Waals surface area contributed by atoms with Crippen LogP contribution in [0.1, 0.15) is 0 Å². The van der Waals surface area contributed by atoms with Gasteiger partial charge >= 0.3 is 0 Å². The lowest BCUT2D eigenvalue weighted by atomic mass is 10.4. The molecule has 0 fully saturated rings. The summed E-state index contributed by atoms with van der Waals surface area (Å²) in [5.74, 6) is 0. The summed E-state index contributed by atoms with van der Waals surface area (Å²) in [7, 11) is 1.73. The third-order valence-electron chi connectivity index (χ3n) is 0.903. The Morgan fingerprint density at radius 2 is 1.78 bits per heavy atom. The van der Waals surface area contributed by atoms with Gasteiger partial charge in [0, 0.05) is 30.6 Å². The molecule has 0 N–H and O–H groups in total. The molecule has 0 nitrogen and oxygen atoms in total. The molecule has 9 heavy (non-hydrogen) atoms. The van der Waals surface area contributed by atoms with Gasteiger partial charge in [-0.05, 0) is 24.3 Å². The van der Waals surface area contributed by atoms with E-state index >= 15 is 0 Å². The zero-order valence-corrected chi connectivity index (χ0v) is 9.03. The third-order valence-corrected chi connectivity index (χ3v) is 3.41. The highest BCUT2D eigenvalue weighted by Gasteiger charge is 1.87. The van der Waals surface area contributed by atoms with Gasteiger partial charge in [-0.2, -0.15) is 0 Å². The van der Waals surface area contributed by atoms with E-state index in [0.29, 0.717) is 0 Å². The molecule has 48 valence electrons. The van der Waals surface area contributed by atoms with Gasteiger partial charge < -0.3 is 0 Å². The van der Waals surface area contributed by atoms with Crippen molar-refractivity contribution >= 4 is 46.1 Å². The van der Waals surface area contributed by atoms with Gasteiger partial charge in [0.1, 0.15) is 0 Å². The summed E-state index contributed by atoms with van der Waals surface area (Å²) in [4.78, 5) is 1.29. The van der Waals surface area contributed by atoms with Gasteiger partial charge in [-0.1, -0.05) is 24.9 Å². The van der Waals surface area contributed by atoms with Crippen LogP contribution in [0.5, 0.6) is 0 Å². The van der Waals surface area contributed by atoms with Crippen LogP contribution in [0.25, 0.3) is 0 Å². The predicted octanol–water partition coefficient (Wildman–Crippen LogP) is 3.89. The number of rotatable bonds is 1. The predicted molar refractivity (Wildman–Crippen MR) is 54.0 cm³/mol. The zero-order chi connectivity index (χ0) is 6.69. The van der Waals surface area contributed by atoms with E-state index in [1.54, 1.807) is 8.93 Å². The molecule has 0 saturated carbocycles. The quantitative estimate of drug-likeness (QED) is 0.709. The van der Waals surface area contributed by atoms with E-state index in [2.05, 4.69) is 49.3 Å². The third kappa shape index (κ3) is 2.47. The SMILES string of the molecule is Brc1ccc(SI)cc1. The summed E-state index contributed by atoms with van der Waals surface area (Å²) < 4.78 is 1.14. The first-order valence-electron chi connectivity index (χ1n) is 2.37. The first-order valence-corrected chi connectivity index (χ1v) is 6.52. The van der Waals surface area contributed by atoms with Crippen molar-refractivity contribution in [2.24, 2.45) is 0 Å². The molecule has 0 spiro atoms. The fraction of sp³-hybridized carbons (Fsp3) is 0. The lowest BCUT2D eigenvalue weighted by Crippen LogP contribution is -1.64. The number of hydrogen-bond donors (Lipinski definition) is 0. The highest BCUT2D eigenvalue weighted by molar-refractivity contribution is 14.2. The Morgan fingerprint density at radius 3 is 2.22 bits per heavy atom. The van der Waals surface area contributed by atoms with Gasteiger partial charge in [-0.15, -0.1) is 0 Å². The maximum atomic E-state index is 3.36. The minimum Gasteiger partial charge on any atom is -0.0530 e. The molecule has 0 amide bonds. The number of benzene rings is 1. The van der Waals surface area contributed by atoms with Gasteiger partial charge in [-0.3, -0.25) is 0 Å². The van der Waals surface area contributed by atoms with Crippen molar-refractivity contribution in [3.63, 3.8) is 0 Å². The summed E-state index contributed by atoms with van der Waals surface area (Å²) in [5.41, 5.74) is 0. The molecule has 0 saturated heterocycles. The average Bonchev–Trinajstić information content (AvgIpc) is 1.90. The second-order valence-corrected chi connectivity index (χ2v) is 4.39. The van der Waals surface area contributed by atoms with Gasteiger partial charge in [0.05, 0.1) is 0 Å². The Balaban J connectivity index is 2.88. The highest BCUT2D eigenvalue weighted by Crippen LogP contribution is 2.25. The van der Waals surface area contributed by atoms with Crippen LogP contribution in [-0.4, -0.2) is 0 Å². The highest BCUT2D eigenvalue weighted by atomic mass is 127. The molecule has 0 aromatic heterocycles. The lowest BCUT2D eigenvalue weighted by Gasteiger charge is -1.91. The Bertz CT molecular complexity index is 185. The van der Waals surface area contributed by atoms with Crippen LogP contribution < -0.4 is 0 Å². The molecule has 0 bridgehead atoms. The van der Waals surface area contributed by atoms with E-state index in [1.807, 2.05) is 12.1 Å². The summed E-state index contributed by atoms with van der Waals surface area (Å²) in [6.45, 7) is 0. The second kappa shape index (κ2) is 3.83. The monoisotopic (exact) mass is 314 g/mol. The molecule has 1 aromatic carbocycles. The Morgan fingerprint density at radius 1 is 1.22 bits per heavy atom.